The quantitative estimate of drug-likeness (QED) is 0.645. The van der Waals surface area contributed by atoms with Gasteiger partial charge in [0.05, 0.1) is 19.3 Å². The maximum absolute atomic E-state index is 12.6. The van der Waals surface area contributed by atoms with Crippen molar-refractivity contribution in [1.82, 2.24) is 20.2 Å². The first-order valence-electron chi connectivity index (χ1n) is 11.1. The maximum Gasteiger partial charge on any atom is 0.255 e. The summed E-state index contributed by atoms with van der Waals surface area (Å²) in [6.07, 6.45) is 3.09. The number of nitrogens with zero attached hydrogens (tertiary/aromatic N) is 3. The molecular formula is C22H31N5O3S. The van der Waals surface area contributed by atoms with Crippen LogP contribution in [0.3, 0.4) is 0 Å². The molecule has 0 spiro atoms. The first kappa shape index (κ1) is 22.0. The highest BCUT2D eigenvalue weighted by Gasteiger charge is 2.24. The van der Waals surface area contributed by atoms with Crippen LogP contribution < -0.4 is 15.8 Å². The topological polar surface area (TPSA) is 90.6 Å². The van der Waals surface area contributed by atoms with Gasteiger partial charge < -0.3 is 15.0 Å². The van der Waals surface area contributed by atoms with Gasteiger partial charge in [-0.25, -0.2) is 4.98 Å². The molecule has 9 heteroatoms. The second-order valence-corrected chi connectivity index (χ2v) is 9.11. The Balaban J connectivity index is 1.33. The number of hydrogen-bond donors (Lipinski definition) is 2. The second-order valence-electron chi connectivity index (χ2n) is 8.13. The van der Waals surface area contributed by atoms with Crippen molar-refractivity contribution >= 4 is 23.2 Å². The number of amides is 1. The minimum atomic E-state index is -0.157. The van der Waals surface area contributed by atoms with Crippen molar-refractivity contribution in [1.29, 1.82) is 0 Å². The molecule has 0 saturated carbocycles. The number of aromatic nitrogens is 2. The summed E-state index contributed by atoms with van der Waals surface area (Å²) in [5, 5.41) is 5.18. The molecule has 2 aromatic rings. The lowest BCUT2D eigenvalue weighted by atomic mass is 10.1. The van der Waals surface area contributed by atoms with Crippen molar-refractivity contribution in [3.8, 4) is 0 Å². The molecule has 0 aliphatic carbocycles. The van der Waals surface area contributed by atoms with Gasteiger partial charge in [-0.05, 0) is 50.7 Å². The van der Waals surface area contributed by atoms with Gasteiger partial charge in [-0.3, -0.25) is 19.5 Å². The number of morpholine rings is 1. The van der Waals surface area contributed by atoms with E-state index in [1.165, 1.54) is 17.7 Å². The van der Waals surface area contributed by atoms with E-state index < -0.39 is 0 Å². The summed E-state index contributed by atoms with van der Waals surface area (Å²) in [6.45, 7) is 7.29. The van der Waals surface area contributed by atoms with Gasteiger partial charge in [0.15, 0.2) is 0 Å². The van der Waals surface area contributed by atoms with E-state index in [4.69, 9.17) is 4.74 Å². The highest BCUT2D eigenvalue weighted by Crippen LogP contribution is 2.27. The third-order valence-corrected chi connectivity index (χ3v) is 7.04. The predicted molar refractivity (Wildman–Crippen MR) is 122 cm³/mol. The molecule has 2 saturated heterocycles. The summed E-state index contributed by atoms with van der Waals surface area (Å²) in [4.78, 5) is 38.4. The number of carbonyl (C=O) groups is 1. The summed E-state index contributed by atoms with van der Waals surface area (Å²) in [5.41, 5.74) is 1.11. The number of hydrogen-bond acceptors (Lipinski definition) is 7. The second kappa shape index (κ2) is 10.4. The van der Waals surface area contributed by atoms with Crippen LogP contribution in [0.2, 0.25) is 0 Å². The third-order valence-electron chi connectivity index (χ3n) is 6.07. The molecule has 1 unspecified atom stereocenters. The van der Waals surface area contributed by atoms with Crippen LogP contribution in [0.5, 0.6) is 0 Å². The van der Waals surface area contributed by atoms with Crippen molar-refractivity contribution in [2.45, 2.75) is 38.6 Å². The summed E-state index contributed by atoms with van der Waals surface area (Å²) in [7, 11) is 0. The predicted octanol–water partition coefficient (Wildman–Crippen LogP) is 1.86. The van der Waals surface area contributed by atoms with E-state index >= 15 is 0 Å². The lowest BCUT2D eigenvalue weighted by Crippen LogP contribution is -2.39. The van der Waals surface area contributed by atoms with Crippen molar-refractivity contribution in [3.05, 3.63) is 44.0 Å². The molecule has 0 radical (unpaired) electrons. The fourth-order valence-electron chi connectivity index (χ4n) is 4.30. The Kier molecular flexibility index (Phi) is 7.37. The number of rotatable bonds is 8. The summed E-state index contributed by atoms with van der Waals surface area (Å²) in [6, 6.07) is 4.43. The number of nitrogens with one attached hydrogen (secondary N) is 2. The van der Waals surface area contributed by atoms with Gasteiger partial charge in [-0.15, -0.1) is 11.3 Å². The number of H-pyrrole nitrogens is 1. The van der Waals surface area contributed by atoms with E-state index in [0.29, 0.717) is 56.5 Å². The number of thiophene rings is 1. The summed E-state index contributed by atoms with van der Waals surface area (Å²) in [5.74, 6) is 0.556. The Bertz CT molecular complexity index is 918. The Morgan fingerprint density at radius 3 is 2.74 bits per heavy atom. The SMILES string of the molecule is Cc1nc(N2CCOCC2)[nH]c(=O)c1CCC(=O)NCC(c1cccs1)N1CCCC1. The Morgan fingerprint density at radius 1 is 1.29 bits per heavy atom. The first-order valence-corrected chi connectivity index (χ1v) is 12.0. The lowest BCUT2D eigenvalue weighted by molar-refractivity contribution is -0.121. The molecule has 1 atom stereocenters. The summed E-state index contributed by atoms with van der Waals surface area (Å²) >= 11 is 1.74. The molecule has 2 aliphatic rings. The van der Waals surface area contributed by atoms with E-state index in [1.54, 1.807) is 11.3 Å². The Labute approximate surface area is 186 Å². The summed E-state index contributed by atoms with van der Waals surface area (Å²) < 4.78 is 5.36. The minimum absolute atomic E-state index is 0.0307. The smallest absolute Gasteiger partial charge is 0.255 e. The number of carbonyl (C=O) groups excluding carboxylic acids is 1. The highest BCUT2D eigenvalue weighted by molar-refractivity contribution is 7.10. The van der Waals surface area contributed by atoms with Crippen molar-refractivity contribution < 1.29 is 9.53 Å². The van der Waals surface area contributed by atoms with Crippen molar-refractivity contribution in [2.75, 3.05) is 50.8 Å². The van der Waals surface area contributed by atoms with Crippen LogP contribution in [0.4, 0.5) is 5.95 Å². The average molecular weight is 446 g/mol. The molecular weight excluding hydrogens is 414 g/mol. The number of likely N-dealkylation sites (tertiary alicyclic amines) is 1. The molecule has 2 N–H and O–H groups in total. The molecule has 0 aromatic carbocycles. The van der Waals surface area contributed by atoms with E-state index in [1.807, 2.05) is 11.8 Å². The van der Waals surface area contributed by atoms with Crippen LogP contribution in [-0.4, -0.2) is 66.7 Å². The van der Waals surface area contributed by atoms with Gasteiger partial charge in [-0.1, -0.05) is 6.07 Å². The molecule has 168 valence electrons. The maximum atomic E-state index is 12.6. The minimum Gasteiger partial charge on any atom is -0.378 e. The lowest BCUT2D eigenvalue weighted by Gasteiger charge is -2.27. The largest absolute Gasteiger partial charge is 0.378 e. The zero-order valence-corrected chi connectivity index (χ0v) is 18.9. The van der Waals surface area contributed by atoms with Crippen LogP contribution in [0.25, 0.3) is 0 Å². The van der Waals surface area contributed by atoms with Crippen LogP contribution in [0, 0.1) is 6.92 Å². The fraction of sp³-hybridized carbons (Fsp3) is 0.591. The molecule has 2 aromatic heterocycles. The number of aromatic amines is 1. The van der Waals surface area contributed by atoms with E-state index in [0.717, 1.165) is 13.1 Å². The Hall–Kier alpha value is -2.23. The standard InChI is InChI=1S/C22H31N5O3S/c1-16-17(21(29)25-22(24-16)27-10-12-30-13-11-27)6-7-20(28)23-15-18(19-5-4-14-31-19)26-8-2-3-9-26/h4-5,14,18H,2-3,6-13,15H2,1H3,(H,23,28)(H,24,25,29). The van der Waals surface area contributed by atoms with Gasteiger partial charge in [0, 0.05) is 42.2 Å². The molecule has 0 bridgehead atoms. The van der Waals surface area contributed by atoms with Gasteiger partial charge >= 0.3 is 0 Å². The first-order chi connectivity index (χ1) is 15.1. The zero-order chi connectivity index (χ0) is 21.6. The molecule has 4 rings (SSSR count). The van der Waals surface area contributed by atoms with E-state index in [-0.39, 0.29) is 23.9 Å². The zero-order valence-electron chi connectivity index (χ0n) is 18.1. The van der Waals surface area contributed by atoms with Crippen LogP contribution in [0.1, 0.15) is 41.4 Å². The third kappa shape index (κ3) is 5.53. The fourth-order valence-corrected chi connectivity index (χ4v) is 5.16. The van der Waals surface area contributed by atoms with Crippen molar-refractivity contribution in [3.63, 3.8) is 0 Å². The monoisotopic (exact) mass is 445 g/mol. The van der Waals surface area contributed by atoms with Gasteiger partial charge in [0.1, 0.15) is 0 Å². The molecule has 2 fully saturated rings. The van der Waals surface area contributed by atoms with Crippen molar-refractivity contribution in [2.24, 2.45) is 0 Å². The van der Waals surface area contributed by atoms with Crippen LogP contribution in [0.15, 0.2) is 22.3 Å². The van der Waals surface area contributed by atoms with Crippen LogP contribution >= 0.6 is 11.3 Å². The number of aryl methyl sites for hydroxylation is 1. The Morgan fingerprint density at radius 2 is 2.06 bits per heavy atom. The molecule has 1 amide bonds. The molecule has 8 nitrogen and oxygen atoms in total. The molecule has 2 aliphatic heterocycles. The van der Waals surface area contributed by atoms with Crippen LogP contribution in [-0.2, 0) is 16.0 Å². The number of anilines is 1. The normalized spacial score (nSPS) is 18.3. The highest BCUT2D eigenvalue weighted by atomic mass is 32.1. The average Bonchev–Trinajstić information content (AvgIpc) is 3.49. The van der Waals surface area contributed by atoms with E-state index in [2.05, 4.69) is 37.7 Å². The van der Waals surface area contributed by atoms with Gasteiger partial charge in [-0.2, -0.15) is 0 Å². The number of ether oxygens (including phenoxy) is 1. The van der Waals surface area contributed by atoms with E-state index in [9.17, 15) is 9.59 Å². The molecule has 4 heterocycles. The van der Waals surface area contributed by atoms with Gasteiger partial charge in [0.2, 0.25) is 11.9 Å². The molecule has 31 heavy (non-hydrogen) atoms. The van der Waals surface area contributed by atoms with Gasteiger partial charge in [0.25, 0.3) is 5.56 Å².